The number of carbonyl (C=O) groups excluding carboxylic acids is 2. The molecular weight excluding hydrogens is 308 g/mol. The van der Waals surface area contributed by atoms with E-state index in [0.29, 0.717) is 25.7 Å². The molecule has 2 amide bonds. The SMILES string of the molecule is CC(O)N1C(C)(C)CC(NC(=O)CCCCC(=O)NN)CC1(C)C. The summed E-state index contributed by atoms with van der Waals surface area (Å²) < 4.78 is 0. The van der Waals surface area contributed by atoms with Gasteiger partial charge in [-0.05, 0) is 60.3 Å². The Morgan fingerprint density at radius 2 is 1.58 bits per heavy atom. The van der Waals surface area contributed by atoms with Gasteiger partial charge >= 0.3 is 0 Å². The lowest BCUT2D eigenvalue weighted by Crippen LogP contribution is -2.66. The standard InChI is InChI=1S/C17H34N4O3/c1-12(22)21-16(2,3)10-13(11-17(21,4)5)19-14(23)8-6-7-9-15(24)20-18/h12-13,22H,6-11,18H2,1-5H3,(H,19,23)(H,20,24). The lowest BCUT2D eigenvalue weighted by molar-refractivity contribution is -0.141. The van der Waals surface area contributed by atoms with E-state index < -0.39 is 6.23 Å². The van der Waals surface area contributed by atoms with Crippen LogP contribution in [0.4, 0.5) is 0 Å². The van der Waals surface area contributed by atoms with Crippen LogP contribution in [0.1, 0.15) is 73.1 Å². The van der Waals surface area contributed by atoms with Crippen molar-refractivity contribution in [1.29, 1.82) is 0 Å². The van der Waals surface area contributed by atoms with Crippen LogP contribution in [-0.2, 0) is 9.59 Å². The van der Waals surface area contributed by atoms with Crippen molar-refractivity contribution >= 4 is 11.8 Å². The molecule has 0 aromatic rings. The number of hydrogen-bond donors (Lipinski definition) is 4. The predicted octanol–water partition coefficient (Wildman–Crippen LogP) is 1.01. The zero-order chi connectivity index (χ0) is 18.5. The van der Waals surface area contributed by atoms with Gasteiger partial charge in [0.15, 0.2) is 0 Å². The number of carbonyl (C=O) groups is 2. The molecule has 1 rings (SSSR count). The van der Waals surface area contributed by atoms with E-state index in [0.717, 1.165) is 12.8 Å². The highest BCUT2D eigenvalue weighted by Crippen LogP contribution is 2.39. The molecule has 0 aromatic carbocycles. The number of unbranched alkanes of at least 4 members (excludes halogenated alkanes) is 1. The molecule has 0 aromatic heterocycles. The fourth-order valence-corrected chi connectivity index (χ4v) is 4.35. The number of likely N-dealkylation sites (tertiary alicyclic amines) is 1. The fraction of sp³-hybridized carbons (Fsp3) is 0.882. The summed E-state index contributed by atoms with van der Waals surface area (Å²) in [7, 11) is 0. The van der Waals surface area contributed by atoms with Crippen LogP contribution in [0.15, 0.2) is 0 Å². The van der Waals surface area contributed by atoms with Gasteiger partial charge in [-0.2, -0.15) is 0 Å². The summed E-state index contributed by atoms with van der Waals surface area (Å²) in [5.41, 5.74) is 1.68. The van der Waals surface area contributed by atoms with Crippen LogP contribution in [0.25, 0.3) is 0 Å². The predicted molar refractivity (Wildman–Crippen MR) is 93.6 cm³/mol. The third-order valence-electron chi connectivity index (χ3n) is 4.75. The lowest BCUT2D eigenvalue weighted by atomic mass is 9.76. The molecule has 1 heterocycles. The van der Waals surface area contributed by atoms with Crippen molar-refractivity contribution in [2.24, 2.45) is 5.84 Å². The smallest absolute Gasteiger partial charge is 0.233 e. The van der Waals surface area contributed by atoms with Crippen molar-refractivity contribution in [3.8, 4) is 0 Å². The van der Waals surface area contributed by atoms with Crippen molar-refractivity contribution < 1.29 is 14.7 Å². The summed E-state index contributed by atoms with van der Waals surface area (Å²) in [6.07, 6.45) is 3.13. The molecule has 7 nitrogen and oxygen atoms in total. The minimum atomic E-state index is -0.527. The first-order valence-electron chi connectivity index (χ1n) is 8.76. The molecule has 1 atom stereocenters. The van der Waals surface area contributed by atoms with Crippen LogP contribution in [0, 0.1) is 0 Å². The number of nitrogens with zero attached hydrogens (tertiary/aromatic N) is 1. The van der Waals surface area contributed by atoms with E-state index in [9.17, 15) is 14.7 Å². The Balaban J connectivity index is 2.51. The molecule has 0 bridgehead atoms. The third-order valence-corrected chi connectivity index (χ3v) is 4.75. The highest BCUT2D eigenvalue weighted by Gasteiger charge is 2.47. The zero-order valence-corrected chi connectivity index (χ0v) is 15.7. The second-order valence-corrected chi connectivity index (χ2v) is 8.07. The quantitative estimate of drug-likeness (QED) is 0.239. The maximum absolute atomic E-state index is 12.2. The van der Waals surface area contributed by atoms with Gasteiger partial charge in [-0.3, -0.25) is 19.9 Å². The van der Waals surface area contributed by atoms with E-state index in [1.807, 2.05) is 0 Å². The molecule has 140 valence electrons. The second kappa shape index (κ2) is 8.27. The maximum Gasteiger partial charge on any atom is 0.233 e. The number of amides is 2. The summed E-state index contributed by atoms with van der Waals surface area (Å²) in [6, 6.07) is 0.0878. The highest BCUT2D eigenvalue weighted by molar-refractivity contribution is 5.77. The van der Waals surface area contributed by atoms with Gasteiger partial charge in [0.05, 0.1) is 0 Å². The van der Waals surface area contributed by atoms with Crippen LogP contribution < -0.4 is 16.6 Å². The number of aliphatic hydroxyl groups excluding tert-OH is 1. The Morgan fingerprint density at radius 3 is 2.00 bits per heavy atom. The van der Waals surface area contributed by atoms with Crippen LogP contribution in [0.5, 0.6) is 0 Å². The van der Waals surface area contributed by atoms with Gasteiger partial charge < -0.3 is 10.4 Å². The van der Waals surface area contributed by atoms with E-state index in [-0.39, 0.29) is 28.9 Å². The molecular formula is C17H34N4O3. The topological polar surface area (TPSA) is 108 Å². The summed E-state index contributed by atoms with van der Waals surface area (Å²) in [4.78, 5) is 25.3. The van der Waals surface area contributed by atoms with Gasteiger partial charge in [-0.15, -0.1) is 0 Å². The molecule has 1 aliphatic rings. The van der Waals surface area contributed by atoms with E-state index in [2.05, 4.69) is 43.3 Å². The van der Waals surface area contributed by atoms with Crippen molar-refractivity contribution in [2.75, 3.05) is 0 Å². The third kappa shape index (κ3) is 5.72. The molecule has 0 radical (unpaired) electrons. The molecule has 5 N–H and O–H groups in total. The lowest BCUT2D eigenvalue weighted by Gasteiger charge is -2.56. The fourth-order valence-electron chi connectivity index (χ4n) is 4.35. The average Bonchev–Trinajstić information content (AvgIpc) is 2.39. The number of piperidine rings is 1. The molecule has 24 heavy (non-hydrogen) atoms. The normalized spacial score (nSPS) is 22.0. The first-order chi connectivity index (χ1) is 11.0. The van der Waals surface area contributed by atoms with Gasteiger partial charge in [-0.1, -0.05) is 0 Å². The largest absolute Gasteiger partial charge is 0.379 e. The Hall–Kier alpha value is -1.18. The van der Waals surface area contributed by atoms with Crippen LogP contribution in [-0.4, -0.2) is 45.2 Å². The van der Waals surface area contributed by atoms with Gasteiger partial charge in [0.2, 0.25) is 11.8 Å². The molecule has 0 spiro atoms. The summed E-state index contributed by atoms with van der Waals surface area (Å²) in [6.45, 7) is 10.2. The summed E-state index contributed by atoms with van der Waals surface area (Å²) >= 11 is 0. The van der Waals surface area contributed by atoms with Crippen LogP contribution in [0.3, 0.4) is 0 Å². The van der Waals surface area contributed by atoms with E-state index in [1.54, 1.807) is 6.92 Å². The van der Waals surface area contributed by atoms with Gasteiger partial charge in [0.25, 0.3) is 0 Å². The summed E-state index contributed by atoms with van der Waals surface area (Å²) in [5.74, 6) is 4.83. The molecule has 1 saturated heterocycles. The number of rotatable bonds is 7. The molecule has 1 fully saturated rings. The minimum absolute atomic E-state index is 0.0188. The van der Waals surface area contributed by atoms with Gasteiger partial charge in [-0.25, -0.2) is 5.84 Å². The Labute approximate surface area is 145 Å². The number of nitrogens with two attached hydrogens (primary N) is 1. The first kappa shape index (κ1) is 20.9. The van der Waals surface area contributed by atoms with Crippen molar-refractivity contribution in [3.63, 3.8) is 0 Å². The Kier molecular flexibility index (Phi) is 7.19. The molecule has 1 aliphatic heterocycles. The van der Waals surface area contributed by atoms with E-state index in [4.69, 9.17) is 5.84 Å². The second-order valence-electron chi connectivity index (χ2n) is 8.07. The first-order valence-corrected chi connectivity index (χ1v) is 8.76. The van der Waals surface area contributed by atoms with Crippen molar-refractivity contribution in [3.05, 3.63) is 0 Å². The van der Waals surface area contributed by atoms with Gasteiger partial charge in [0.1, 0.15) is 6.23 Å². The van der Waals surface area contributed by atoms with E-state index in [1.165, 1.54) is 0 Å². The Morgan fingerprint density at radius 1 is 1.12 bits per heavy atom. The molecule has 1 unspecified atom stereocenters. The molecule has 0 saturated carbocycles. The minimum Gasteiger partial charge on any atom is -0.379 e. The average molecular weight is 342 g/mol. The number of nitrogens with one attached hydrogen (secondary N) is 2. The Bertz CT molecular complexity index is 431. The number of hydrogen-bond acceptors (Lipinski definition) is 5. The van der Waals surface area contributed by atoms with Crippen LogP contribution >= 0.6 is 0 Å². The summed E-state index contributed by atoms with van der Waals surface area (Å²) in [5, 5.41) is 13.2. The van der Waals surface area contributed by atoms with Crippen molar-refractivity contribution in [2.45, 2.75) is 96.5 Å². The van der Waals surface area contributed by atoms with E-state index >= 15 is 0 Å². The molecule has 7 heteroatoms. The highest BCUT2D eigenvalue weighted by atomic mass is 16.3. The zero-order valence-electron chi connectivity index (χ0n) is 15.7. The van der Waals surface area contributed by atoms with Crippen molar-refractivity contribution in [1.82, 2.24) is 15.6 Å². The van der Waals surface area contributed by atoms with Crippen LogP contribution in [0.2, 0.25) is 0 Å². The number of hydrazine groups is 1. The maximum atomic E-state index is 12.2. The van der Waals surface area contributed by atoms with Gasteiger partial charge in [0, 0.05) is 30.0 Å². The molecule has 0 aliphatic carbocycles. The monoisotopic (exact) mass is 342 g/mol. The number of aliphatic hydroxyl groups is 1.